The monoisotopic (exact) mass is 255 g/mol. The molecule has 1 aromatic carbocycles. The summed E-state index contributed by atoms with van der Waals surface area (Å²) in [5.41, 5.74) is 4.18. The predicted octanol–water partition coefficient (Wildman–Crippen LogP) is 3.26. The van der Waals surface area contributed by atoms with Gasteiger partial charge < -0.3 is 0 Å². The van der Waals surface area contributed by atoms with Crippen molar-refractivity contribution in [3.8, 4) is 6.07 Å². The second-order valence-electron chi connectivity index (χ2n) is 4.14. The molecule has 0 aliphatic heterocycles. The molecule has 0 N–H and O–H groups in total. The largest absolute Gasteiger partial charge is 0.245 e. The van der Waals surface area contributed by atoms with E-state index in [2.05, 4.69) is 42.0 Å². The summed E-state index contributed by atoms with van der Waals surface area (Å²) in [6, 6.07) is 8.48. The summed E-state index contributed by atoms with van der Waals surface area (Å²) in [5, 5.41) is 9.48. The topological polar surface area (TPSA) is 49.6 Å². The zero-order valence-corrected chi connectivity index (χ0v) is 11.2. The van der Waals surface area contributed by atoms with E-state index in [1.165, 1.54) is 22.9 Å². The Hall–Kier alpha value is -1.86. The standard InChI is InChI=1S/C14H13N3S/c1-10-3-11(2)5-12(4-10)9-18-14-8-16-13(6-15)7-17-14/h3-5,7-8H,9H2,1-2H3. The molecular weight excluding hydrogens is 242 g/mol. The predicted molar refractivity (Wildman–Crippen MR) is 72.2 cm³/mol. The first-order valence-corrected chi connectivity index (χ1v) is 6.58. The van der Waals surface area contributed by atoms with Crippen molar-refractivity contribution in [1.29, 1.82) is 5.26 Å². The fourth-order valence-electron chi connectivity index (χ4n) is 1.76. The smallest absolute Gasteiger partial charge is 0.158 e. The highest BCUT2D eigenvalue weighted by molar-refractivity contribution is 7.98. The van der Waals surface area contributed by atoms with Gasteiger partial charge in [-0.3, -0.25) is 0 Å². The fraction of sp³-hybridized carbons (Fsp3) is 0.214. The lowest BCUT2D eigenvalue weighted by Gasteiger charge is -2.04. The number of hydrogen-bond donors (Lipinski definition) is 0. The molecule has 90 valence electrons. The highest BCUT2D eigenvalue weighted by Crippen LogP contribution is 2.21. The van der Waals surface area contributed by atoms with Crippen molar-refractivity contribution in [3.63, 3.8) is 0 Å². The lowest BCUT2D eigenvalue weighted by atomic mass is 10.1. The van der Waals surface area contributed by atoms with E-state index in [0.29, 0.717) is 5.69 Å². The van der Waals surface area contributed by atoms with Crippen LogP contribution in [0.5, 0.6) is 0 Å². The zero-order valence-electron chi connectivity index (χ0n) is 10.3. The molecule has 0 amide bonds. The molecule has 4 heteroatoms. The minimum Gasteiger partial charge on any atom is -0.245 e. The molecule has 0 unspecified atom stereocenters. The summed E-state index contributed by atoms with van der Waals surface area (Å²) in [6.45, 7) is 4.20. The van der Waals surface area contributed by atoms with Crippen LogP contribution in [-0.2, 0) is 5.75 Å². The fourth-order valence-corrected chi connectivity index (χ4v) is 2.49. The maximum Gasteiger partial charge on any atom is 0.158 e. The molecule has 2 aromatic rings. The maximum absolute atomic E-state index is 8.64. The molecule has 2 rings (SSSR count). The van der Waals surface area contributed by atoms with Gasteiger partial charge in [0.05, 0.1) is 12.4 Å². The number of benzene rings is 1. The second kappa shape index (κ2) is 5.65. The molecule has 1 heterocycles. The molecule has 1 aromatic heterocycles. The molecule has 0 bridgehead atoms. The number of aryl methyl sites for hydroxylation is 2. The summed E-state index contributed by atoms with van der Waals surface area (Å²) in [5.74, 6) is 0.864. The van der Waals surface area contributed by atoms with E-state index in [9.17, 15) is 0 Å². The van der Waals surface area contributed by atoms with Gasteiger partial charge in [-0.2, -0.15) is 5.26 Å². The van der Waals surface area contributed by atoms with Gasteiger partial charge in [0.15, 0.2) is 5.69 Å². The van der Waals surface area contributed by atoms with Gasteiger partial charge in [0.2, 0.25) is 0 Å². The number of nitrogens with zero attached hydrogens (tertiary/aromatic N) is 3. The van der Waals surface area contributed by atoms with Crippen LogP contribution in [0.25, 0.3) is 0 Å². The van der Waals surface area contributed by atoms with Gasteiger partial charge in [0.25, 0.3) is 0 Å². The summed E-state index contributed by atoms with van der Waals surface area (Å²) < 4.78 is 0. The molecule has 0 spiro atoms. The Kier molecular flexibility index (Phi) is 3.96. The average Bonchev–Trinajstić information content (AvgIpc) is 2.36. The van der Waals surface area contributed by atoms with Crippen molar-refractivity contribution in [1.82, 2.24) is 9.97 Å². The minimum absolute atomic E-state index is 0.353. The van der Waals surface area contributed by atoms with E-state index in [-0.39, 0.29) is 0 Å². The van der Waals surface area contributed by atoms with Crippen LogP contribution >= 0.6 is 11.8 Å². The first-order valence-electron chi connectivity index (χ1n) is 5.59. The second-order valence-corrected chi connectivity index (χ2v) is 5.13. The summed E-state index contributed by atoms with van der Waals surface area (Å²) in [4.78, 5) is 8.19. The van der Waals surface area contributed by atoms with Crippen LogP contribution in [0, 0.1) is 25.2 Å². The molecule has 0 aliphatic carbocycles. The Morgan fingerprint density at radius 2 is 1.83 bits per heavy atom. The third-order valence-corrected chi connectivity index (χ3v) is 3.40. The lowest BCUT2D eigenvalue weighted by Crippen LogP contribution is -1.89. The average molecular weight is 255 g/mol. The van der Waals surface area contributed by atoms with Gasteiger partial charge in [0, 0.05) is 5.75 Å². The van der Waals surface area contributed by atoms with Gasteiger partial charge in [-0.1, -0.05) is 29.3 Å². The van der Waals surface area contributed by atoms with E-state index in [0.717, 1.165) is 10.8 Å². The van der Waals surface area contributed by atoms with Crippen LogP contribution < -0.4 is 0 Å². The Morgan fingerprint density at radius 3 is 2.39 bits per heavy atom. The normalized spacial score (nSPS) is 10.1. The van der Waals surface area contributed by atoms with Gasteiger partial charge in [-0.05, 0) is 19.4 Å². The molecular formula is C14H13N3S. The third kappa shape index (κ3) is 3.31. The highest BCUT2D eigenvalue weighted by Gasteiger charge is 2.00. The molecule has 0 fully saturated rings. The van der Waals surface area contributed by atoms with Crippen molar-refractivity contribution >= 4 is 11.8 Å². The molecule has 0 saturated heterocycles. The van der Waals surface area contributed by atoms with Gasteiger partial charge in [0.1, 0.15) is 11.1 Å². The van der Waals surface area contributed by atoms with Crippen molar-refractivity contribution < 1.29 is 0 Å². The van der Waals surface area contributed by atoms with E-state index in [1.807, 2.05) is 6.07 Å². The molecule has 0 saturated carbocycles. The number of hydrogen-bond acceptors (Lipinski definition) is 4. The van der Waals surface area contributed by atoms with Gasteiger partial charge in [-0.15, -0.1) is 11.8 Å². The quantitative estimate of drug-likeness (QED) is 0.790. The van der Waals surface area contributed by atoms with E-state index in [1.54, 1.807) is 18.0 Å². The zero-order chi connectivity index (χ0) is 13.0. The molecule has 3 nitrogen and oxygen atoms in total. The van der Waals surface area contributed by atoms with Crippen LogP contribution in [-0.4, -0.2) is 9.97 Å². The van der Waals surface area contributed by atoms with Crippen LogP contribution in [0.1, 0.15) is 22.4 Å². The number of thioether (sulfide) groups is 1. The number of nitriles is 1. The van der Waals surface area contributed by atoms with Gasteiger partial charge in [-0.25, -0.2) is 9.97 Å². The molecule has 0 aliphatic rings. The van der Waals surface area contributed by atoms with E-state index in [4.69, 9.17) is 5.26 Å². The summed E-state index contributed by atoms with van der Waals surface area (Å²) in [6.07, 6.45) is 3.15. The lowest BCUT2D eigenvalue weighted by molar-refractivity contribution is 1.04. The van der Waals surface area contributed by atoms with Gasteiger partial charge >= 0.3 is 0 Å². The van der Waals surface area contributed by atoms with Crippen molar-refractivity contribution in [2.45, 2.75) is 24.6 Å². The van der Waals surface area contributed by atoms with Crippen molar-refractivity contribution in [2.24, 2.45) is 0 Å². The molecule has 0 atom stereocenters. The Labute approximate surface area is 111 Å². The Balaban J connectivity index is 2.04. The van der Waals surface area contributed by atoms with E-state index < -0.39 is 0 Å². The minimum atomic E-state index is 0.353. The SMILES string of the molecule is Cc1cc(C)cc(CSc2cnc(C#N)cn2)c1. The maximum atomic E-state index is 8.64. The van der Waals surface area contributed by atoms with Crippen LogP contribution in [0.3, 0.4) is 0 Å². The van der Waals surface area contributed by atoms with Crippen molar-refractivity contribution in [2.75, 3.05) is 0 Å². The number of aromatic nitrogens is 2. The summed E-state index contributed by atoms with van der Waals surface area (Å²) in [7, 11) is 0. The highest BCUT2D eigenvalue weighted by atomic mass is 32.2. The Bertz CT molecular complexity index is 565. The third-order valence-electron chi connectivity index (χ3n) is 2.41. The van der Waals surface area contributed by atoms with Crippen LogP contribution in [0.2, 0.25) is 0 Å². The molecule has 18 heavy (non-hydrogen) atoms. The van der Waals surface area contributed by atoms with Crippen molar-refractivity contribution in [3.05, 3.63) is 53.0 Å². The number of rotatable bonds is 3. The van der Waals surface area contributed by atoms with E-state index >= 15 is 0 Å². The first-order chi connectivity index (χ1) is 8.67. The summed E-state index contributed by atoms with van der Waals surface area (Å²) >= 11 is 1.63. The molecule has 0 radical (unpaired) electrons. The van der Waals surface area contributed by atoms with Crippen LogP contribution in [0.15, 0.2) is 35.6 Å². The Morgan fingerprint density at radius 1 is 1.11 bits per heavy atom. The van der Waals surface area contributed by atoms with Crippen LogP contribution in [0.4, 0.5) is 0 Å². The first kappa shape index (κ1) is 12.6.